The normalized spacial score (nSPS) is 10.6. The minimum absolute atomic E-state index is 0.128. The van der Waals surface area contributed by atoms with Gasteiger partial charge in [0.15, 0.2) is 5.82 Å². The summed E-state index contributed by atoms with van der Waals surface area (Å²) in [5, 5.41) is 3.12. The highest BCUT2D eigenvalue weighted by atomic mass is 16.5. The Labute approximate surface area is 176 Å². The van der Waals surface area contributed by atoms with Gasteiger partial charge in [-0.15, -0.1) is 0 Å². The van der Waals surface area contributed by atoms with Crippen LogP contribution >= 0.6 is 0 Å². The zero-order chi connectivity index (χ0) is 22.0. The van der Waals surface area contributed by atoms with Gasteiger partial charge in [0.05, 0.1) is 24.1 Å². The highest BCUT2D eigenvalue weighted by molar-refractivity contribution is 5.70. The Balaban J connectivity index is 0.00000204. The molecule has 0 aliphatic carbocycles. The van der Waals surface area contributed by atoms with Gasteiger partial charge in [-0.2, -0.15) is 0 Å². The van der Waals surface area contributed by atoms with E-state index in [0.717, 1.165) is 41.9 Å². The first-order chi connectivity index (χ1) is 14.0. The zero-order valence-electron chi connectivity index (χ0n) is 19.6. The molecule has 2 rings (SSSR count). The van der Waals surface area contributed by atoms with Crippen molar-refractivity contribution >= 4 is 5.82 Å². The van der Waals surface area contributed by atoms with Gasteiger partial charge in [0.25, 0.3) is 5.88 Å². The van der Waals surface area contributed by atoms with Gasteiger partial charge in [-0.25, -0.2) is 15.0 Å². The number of pyridine rings is 1. The fraction of sp³-hybridized carbons (Fsp3) is 0.609. The van der Waals surface area contributed by atoms with E-state index in [2.05, 4.69) is 44.9 Å². The Bertz CT molecular complexity index is 759. The van der Waals surface area contributed by atoms with E-state index in [1.165, 1.54) is 0 Å². The van der Waals surface area contributed by atoms with Crippen LogP contribution in [0.25, 0.3) is 11.3 Å². The highest BCUT2D eigenvalue weighted by Crippen LogP contribution is 2.34. The second-order valence-corrected chi connectivity index (χ2v) is 6.78. The number of ether oxygens (including phenoxy) is 2. The summed E-state index contributed by atoms with van der Waals surface area (Å²) in [6, 6.07) is 4.04. The van der Waals surface area contributed by atoms with Gasteiger partial charge in [-0.3, -0.25) is 0 Å². The van der Waals surface area contributed by atoms with Crippen LogP contribution in [0.3, 0.4) is 0 Å². The van der Waals surface area contributed by atoms with Gasteiger partial charge in [0.2, 0.25) is 5.88 Å². The second-order valence-electron chi connectivity index (χ2n) is 6.78. The lowest BCUT2D eigenvalue weighted by Gasteiger charge is -2.19. The van der Waals surface area contributed by atoms with E-state index < -0.39 is 0 Å². The van der Waals surface area contributed by atoms with Crippen molar-refractivity contribution < 1.29 is 9.47 Å². The van der Waals surface area contributed by atoms with E-state index in [1.807, 2.05) is 33.0 Å². The number of rotatable bonds is 9. The van der Waals surface area contributed by atoms with E-state index in [-0.39, 0.29) is 6.10 Å². The maximum Gasteiger partial charge on any atom is 0.257 e. The number of aryl methyl sites for hydroxylation is 1. The van der Waals surface area contributed by atoms with Crippen molar-refractivity contribution in [2.75, 3.05) is 19.5 Å². The van der Waals surface area contributed by atoms with Crippen molar-refractivity contribution in [3.63, 3.8) is 0 Å². The molecule has 29 heavy (non-hydrogen) atoms. The summed E-state index contributed by atoms with van der Waals surface area (Å²) in [7, 11) is 3.47. The summed E-state index contributed by atoms with van der Waals surface area (Å²) in [6.45, 7) is 14.5. The monoisotopic (exact) mass is 402 g/mol. The number of nitrogens with zero attached hydrogens (tertiary/aromatic N) is 3. The molecule has 2 heterocycles. The van der Waals surface area contributed by atoms with Gasteiger partial charge < -0.3 is 14.8 Å². The lowest BCUT2D eigenvalue weighted by Crippen LogP contribution is -2.17. The molecule has 6 nitrogen and oxygen atoms in total. The predicted molar refractivity (Wildman–Crippen MR) is 121 cm³/mol. The van der Waals surface area contributed by atoms with E-state index in [4.69, 9.17) is 19.4 Å². The standard InChI is InChI=1S/C21H32N4O2.C2H6/c1-8-14(9-2)27-21-19(22-6)25-18(16(10-3)23-21)15-11-12-17(13(4)5)24-20(15)26-7;1-2/h11-14H,8-10H2,1-7H3,(H,22,25);1-2H3. The molecule has 0 unspecified atom stereocenters. The number of hydrogen-bond acceptors (Lipinski definition) is 6. The molecule has 1 N–H and O–H groups in total. The smallest absolute Gasteiger partial charge is 0.257 e. The van der Waals surface area contributed by atoms with Crippen LogP contribution < -0.4 is 14.8 Å². The van der Waals surface area contributed by atoms with Crippen LogP contribution in [-0.2, 0) is 6.42 Å². The molecule has 0 spiro atoms. The van der Waals surface area contributed by atoms with Crippen molar-refractivity contribution in [3.05, 3.63) is 23.5 Å². The first-order valence-corrected chi connectivity index (χ1v) is 10.8. The quantitative estimate of drug-likeness (QED) is 0.566. The van der Waals surface area contributed by atoms with E-state index in [0.29, 0.717) is 23.5 Å². The summed E-state index contributed by atoms with van der Waals surface area (Å²) in [5.41, 5.74) is 3.48. The molecule has 162 valence electrons. The van der Waals surface area contributed by atoms with Crippen LogP contribution in [0.4, 0.5) is 5.82 Å². The van der Waals surface area contributed by atoms with Crippen molar-refractivity contribution in [2.45, 2.75) is 79.8 Å². The summed E-state index contributed by atoms with van der Waals surface area (Å²) in [6.07, 6.45) is 2.72. The van der Waals surface area contributed by atoms with Crippen LogP contribution in [0.2, 0.25) is 0 Å². The third-order valence-corrected chi connectivity index (χ3v) is 4.62. The topological polar surface area (TPSA) is 69.2 Å². The molecule has 0 radical (unpaired) electrons. The van der Waals surface area contributed by atoms with Crippen molar-refractivity contribution in [3.8, 4) is 23.0 Å². The van der Waals surface area contributed by atoms with Crippen LogP contribution in [0.5, 0.6) is 11.8 Å². The molecule has 0 fully saturated rings. The number of anilines is 1. The van der Waals surface area contributed by atoms with E-state index in [1.54, 1.807) is 7.11 Å². The molecular weight excluding hydrogens is 364 g/mol. The maximum absolute atomic E-state index is 6.09. The molecule has 0 aromatic carbocycles. The first kappa shape index (κ1) is 24.7. The molecule has 6 heteroatoms. The fourth-order valence-electron chi connectivity index (χ4n) is 2.89. The Morgan fingerprint density at radius 1 is 0.966 bits per heavy atom. The van der Waals surface area contributed by atoms with Crippen molar-refractivity contribution in [1.82, 2.24) is 15.0 Å². The Kier molecular flexibility index (Phi) is 10.4. The Morgan fingerprint density at radius 2 is 1.62 bits per heavy atom. The summed E-state index contributed by atoms with van der Waals surface area (Å²) >= 11 is 0. The molecular formula is C23H38N4O2. The lowest BCUT2D eigenvalue weighted by atomic mass is 10.1. The highest BCUT2D eigenvalue weighted by Gasteiger charge is 2.20. The third-order valence-electron chi connectivity index (χ3n) is 4.62. The SMILES string of the molecule is CC.CCc1nc(OC(CC)CC)c(NC)nc1-c1ccc(C(C)C)nc1OC. The minimum atomic E-state index is 0.128. The van der Waals surface area contributed by atoms with Gasteiger partial charge in [-0.05, 0) is 37.3 Å². The summed E-state index contributed by atoms with van der Waals surface area (Å²) in [4.78, 5) is 14.2. The van der Waals surface area contributed by atoms with Crippen LogP contribution in [0, 0.1) is 0 Å². The average molecular weight is 403 g/mol. The molecule has 2 aromatic rings. The number of nitrogens with one attached hydrogen (secondary N) is 1. The third kappa shape index (κ3) is 6.05. The van der Waals surface area contributed by atoms with Crippen LogP contribution in [0.1, 0.15) is 78.6 Å². The van der Waals surface area contributed by atoms with Gasteiger partial charge in [-0.1, -0.05) is 48.5 Å². The summed E-state index contributed by atoms with van der Waals surface area (Å²) in [5.74, 6) is 2.08. The molecule has 0 amide bonds. The van der Waals surface area contributed by atoms with Crippen LogP contribution in [0.15, 0.2) is 12.1 Å². The molecule has 0 bridgehead atoms. The zero-order valence-corrected chi connectivity index (χ0v) is 19.6. The maximum atomic E-state index is 6.09. The molecule has 0 aliphatic heterocycles. The van der Waals surface area contributed by atoms with E-state index in [9.17, 15) is 0 Å². The largest absolute Gasteiger partial charge is 0.480 e. The predicted octanol–water partition coefficient (Wildman–Crippen LogP) is 5.87. The fourth-order valence-corrected chi connectivity index (χ4v) is 2.89. The van der Waals surface area contributed by atoms with Gasteiger partial charge in [0, 0.05) is 12.7 Å². The molecule has 0 atom stereocenters. The Hall–Kier alpha value is -2.37. The number of hydrogen-bond donors (Lipinski definition) is 1. The molecule has 0 aliphatic rings. The van der Waals surface area contributed by atoms with Crippen molar-refractivity contribution in [1.29, 1.82) is 0 Å². The number of aromatic nitrogens is 3. The van der Waals surface area contributed by atoms with E-state index >= 15 is 0 Å². The first-order valence-electron chi connectivity index (χ1n) is 10.8. The molecule has 0 saturated carbocycles. The number of methoxy groups -OCH3 is 1. The molecule has 2 aromatic heterocycles. The van der Waals surface area contributed by atoms with Gasteiger partial charge >= 0.3 is 0 Å². The molecule has 0 saturated heterocycles. The second kappa shape index (κ2) is 12.2. The van der Waals surface area contributed by atoms with Gasteiger partial charge in [0.1, 0.15) is 6.10 Å². The Morgan fingerprint density at radius 3 is 2.10 bits per heavy atom. The summed E-state index contributed by atoms with van der Waals surface area (Å²) < 4.78 is 11.7. The van der Waals surface area contributed by atoms with Crippen molar-refractivity contribution in [2.24, 2.45) is 0 Å². The van der Waals surface area contributed by atoms with Crippen LogP contribution in [-0.4, -0.2) is 35.2 Å². The minimum Gasteiger partial charge on any atom is -0.480 e. The average Bonchev–Trinajstić information content (AvgIpc) is 2.77. The lowest BCUT2D eigenvalue weighted by molar-refractivity contribution is 0.185.